The van der Waals surface area contributed by atoms with Gasteiger partial charge in [0.15, 0.2) is 0 Å². The summed E-state index contributed by atoms with van der Waals surface area (Å²) in [5.41, 5.74) is 0. The first-order valence-electron chi connectivity index (χ1n) is 6.45. The van der Waals surface area contributed by atoms with Gasteiger partial charge in [0, 0.05) is 16.3 Å². The van der Waals surface area contributed by atoms with Crippen LogP contribution in [0.5, 0.6) is 0 Å². The molecule has 0 atom stereocenters. The minimum Gasteiger partial charge on any atom is -0.493 e. The van der Waals surface area contributed by atoms with E-state index in [0.717, 1.165) is 28.8 Å². The zero-order valence-corrected chi connectivity index (χ0v) is 13.2. The first-order valence-corrected chi connectivity index (χ1v) is 8.70. The van der Waals surface area contributed by atoms with Gasteiger partial charge in [0.05, 0.1) is 12.7 Å². The molecule has 8 heteroatoms. The molecule has 6 nitrogen and oxygen atoms in total. The summed E-state index contributed by atoms with van der Waals surface area (Å²) < 4.78 is 26.4. The van der Waals surface area contributed by atoms with E-state index in [2.05, 4.69) is 18.7 Å². The molecule has 0 spiro atoms. The van der Waals surface area contributed by atoms with Gasteiger partial charge in [0.1, 0.15) is 0 Å². The zero-order chi connectivity index (χ0) is 14.8. The summed E-state index contributed by atoms with van der Waals surface area (Å²) in [6, 6.07) is 3.96. The third-order valence-electron chi connectivity index (χ3n) is 3.11. The summed E-state index contributed by atoms with van der Waals surface area (Å²) in [6.45, 7) is 7.34. The summed E-state index contributed by atoms with van der Waals surface area (Å²) in [6.07, 6.45) is 1.19. The third-order valence-corrected chi connectivity index (χ3v) is 5.49. The number of nitrogens with one attached hydrogen (secondary N) is 1. The van der Waals surface area contributed by atoms with Crippen molar-refractivity contribution in [3.05, 3.63) is 34.0 Å². The molecule has 1 aliphatic heterocycles. The second-order valence-electron chi connectivity index (χ2n) is 4.50. The fourth-order valence-corrected chi connectivity index (χ4v) is 4.09. The van der Waals surface area contributed by atoms with E-state index in [9.17, 15) is 13.5 Å². The van der Waals surface area contributed by atoms with Gasteiger partial charge >= 0.3 is 10.2 Å². The van der Waals surface area contributed by atoms with Crippen LogP contribution in [-0.2, 0) is 23.3 Å². The van der Waals surface area contributed by atoms with E-state index in [-0.39, 0.29) is 12.4 Å². The van der Waals surface area contributed by atoms with Gasteiger partial charge in [-0.05, 0) is 25.2 Å². The average molecular weight is 317 g/mol. The molecule has 0 saturated carbocycles. The van der Waals surface area contributed by atoms with Gasteiger partial charge in [0.25, 0.3) is 0 Å². The summed E-state index contributed by atoms with van der Waals surface area (Å²) in [7, 11) is -3.62. The van der Waals surface area contributed by atoms with Crippen molar-refractivity contribution in [1.29, 1.82) is 0 Å². The first-order chi connectivity index (χ1) is 9.44. The lowest BCUT2D eigenvalue weighted by molar-refractivity contribution is 0.298. The molecule has 0 aromatic carbocycles. The van der Waals surface area contributed by atoms with Crippen molar-refractivity contribution in [2.75, 3.05) is 13.1 Å². The number of aliphatic hydroxyl groups excluding tert-OH is 1. The maximum absolute atomic E-state index is 11.7. The van der Waals surface area contributed by atoms with Crippen LogP contribution in [0.2, 0.25) is 0 Å². The summed E-state index contributed by atoms with van der Waals surface area (Å²) >= 11 is 1.59. The Balaban J connectivity index is 2.03. The Hall–Kier alpha value is -1.25. The number of nitrogens with zero attached hydrogens (tertiary/aromatic N) is 2. The molecule has 20 heavy (non-hydrogen) atoms. The molecule has 0 bridgehead atoms. The summed E-state index contributed by atoms with van der Waals surface area (Å²) in [5.74, 6) is -0.343. The fourth-order valence-electron chi connectivity index (χ4n) is 1.97. The summed E-state index contributed by atoms with van der Waals surface area (Å²) in [5, 5.41) is 9.23. The second-order valence-corrected chi connectivity index (χ2v) is 7.37. The van der Waals surface area contributed by atoms with Crippen LogP contribution in [0.3, 0.4) is 0 Å². The molecule has 0 aliphatic carbocycles. The lowest BCUT2D eigenvalue weighted by Crippen LogP contribution is -2.29. The quantitative estimate of drug-likeness (QED) is 0.836. The largest absolute Gasteiger partial charge is 0.493 e. The van der Waals surface area contributed by atoms with Crippen LogP contribution in [0, 0.1) is 0 Å². The standard InChI is InChI=1S/C12H19N3O3S2/c1-3-14(4-2)7-10-5-6-11(19-10)8-15-9-12(16)13-20(15,17)18/h5-6,9,13,16H,3-4,7-8H2,1-2H3. The molecule has 2 N–H and O–H groups in total. The molecule has 0 amide bonds. The Kier molecular flexibility index (Phi) is 4.56. The highest BCUT2D eigenvalue weighted by molar-refractivity contribution is 7.87. The van der Waals surface area contributed by atoms with E-state index in [1.54, 1.807) is 11.3 Å². The fraction of sp³-hybridized carbons (Fsp3) is 0.500. The number of thiophene rings is 1. The molecular weight excluding hydrogens is 298 g/mol. The first kappa shape index (κ1) is 15.1. The Morgan fingerprint density at radius 1 is 1.30 bits per heavy atom. The Labute approximate surface area is 123 Å². The van der Waals surface area contributed by atoms with E-state index < -0.39 is 10.2 Å². The normalized spacial score (nSPS) is 17.4. The molecule has 0 radical (unpaired) electrons. The van der Waals surface area contributed by atoms with Crippen LogP contribution in [0.4, 0.5) is 0 Å². The van der Waals surface area contributed by atoms with Crippen molar-refractivity contribution in [3.63, 3.8) is 0 Å². The molecular formula is C12H19N3O3S2. The van der Waals surface area contributed by atoms with Gasteiger partial charge in [-0.2, -0.15) is 8.42 Å². The van der Waals surface area contributed by atoms with Gasteiger partial charge in [-0.1, -0.05) is 13.8 Å². The van der Waals surface area contributed by atoms with Crippen LogP contribution in [0.25, 0.3) is 0 Å². The predicted molar refractivity (Wildman–Crippen MR) is 79.3 cm³/mol. The van der Waals surface area contributed by atoms with Gasteiger partial charge in [-0.3, -0.25) is 4.90 Å². The molecule has 112 valence electrons. The van der Waals surface area contributed by atoms with Gasteiger partial charge in [-0.15, -0.1) is 11.3 Å². The maximum atomic E-state index is 11.7. The molecule has 1 aliphatic rings. The summed E-state index contributed by atoms with van der Waals surface area (Å²) in [4.78, 5) is 4.46. The van der Waals surface area contributed by atoms with Crippen molar-refractivity contribution < 1.29 is 13.5 Å². The Bertz CT molecular complexity index is 591. The molecule has 0 unspecified atom stereocenters. The molecule has 0 saturated heterocycles. The van der Waals surface area contributed by atoms with Crippen molar-refractivity contribution in [2.45, 2.75) is 26.9 Å². The van der Waals surface area contributed by atoms with Crippen LogP contribution in [0.1, 0.15) is 23.6 Å². The Morgan fingerprint density at radius 2 is 1.95 bits per heavy atom. The minimum atomic E-state index is -3.62. The van der Waals surface area contributed by atoms with Crippen LogP contribution >= 0.6 is 11.3 Å². The van der Waals surface area contributed by atoms with Crippen LogP contribution in [0.15, 0.2) is 24.2 Å². The van der Waals surface area contributed by atoms with Crippen LogP contribution in [-0.4, -0.2) is 35.8 Å². The van der Waals surface area contributed by atoms with Gasteiger partial charge in [0.2, 0.25) is 5.88 Å². The molecule has 0 fully saturated rings. The monoisotopic (exact) mass is 317 g/mol. The topological polar surface area (TPSA) is 72.9 Å². The Morgan fingerprint density at radius 3 is 2.50 bits per heavy atom. The predicted octanol–water partition coefficient (Wildman–Crippen LogP) is 1.60. The second kappa shape index (κ2) is 6.02. The maximum Gasteiger partial charge on any atom is 0.326 e. The number of aliphatic hydroxyl groups is 1. The number of hydrogen-bond donors (Lipinski definition) is 2. The molecule has 2 rings (SSSR count). The van der Waals surface area contributed by atoms with Crippen molar-refractivity contribution >= 4 is 21.5 Å². The van der Waals surface area contributed by atoms with Crippen molar-refractivity contribution in [2.24, 2.45) is 0 Å². The number of hydrogen-bond acceptors (Lipinski definition) is 5. The lowest BCUT2D eigenvalue weighted by atomic mass is 10.4. The molecule has 2 heterocycles. The smallest absolute Gasteiger partial charge is 0.326 e. The van der Waals surface area contributed by atoms with Crippen LogP contribution < -0.4 is 4.72 Å². The highest BCUT2D eigenvalue weighted by Crippen LogP contribution is 2.22. The van der Waals surface area contributed by atoms with Gasteiger partial charge < -0.3 is 5.11 Å². The van der Waals surface area contributed by atoms with Gasteiger partial charge in [-0.25, -0.2) is 9.03 Å². The van der Waals surface area contributed by atoms with E-state index in [1.165, 1.54) is 11.1 Å². The van der Waals surface area contributed by atoms with E-state index in [1.807, 2.05) is 16.9 Å². The zero-order valence-electron chi connectivity index (χ0n) is 11.5. The van der Waals surface area contributed by atoms with E-state index in [4.69, 9.17) is 0 Å². The average Bonchev–Trinajstić information content (AvgIpc) is 2.91. The third kappa shape index (κ3) is 3.44. The molecule has 1 aromatic rings. The lowest BCUT2D eigenvalue weighted by Gasteiger charge is -2.16. The van der Waals surface area contributed by atoms with E-state index >= 15 is 0 Å². The molecule has 1 aromatic heterocycles. The van der Waals surface area contributed by atoms with E-state index in [0.29, 0.717) is 0 Å². The SMILES string of the molecule is CCN(CC)Cc1ccc(CN2C=C(O)NS2(=O)=O)s1. The number of rotatable bonds is 6. The minimum absolute atomic E-state index is 0.238. The van der Waals surface area contributed by atoms with Crippen molar-refractivity contribution in [1.82, 2.24) is 13.9 Å². The highest BCUT2D eigenvalue weighted by atomic mass is 32.2. The highest BCUT2D eigenvalue weighted by Gasteiger charge is 2.27. The van der Waals surface area contributed by atoms with Crippen molar-refractivity contribution in [3.8, 4) is 0 Å².